The van der Waals surface area contributed by atoms with Crippen molar-refractivity contribution in [1.82, 2.24) is 10.1 Å². The van der Waals surface area contributed by atoms with Crippen LogP contribution in [0.3, 0.4) is 0 Å². The average molecular weight is 298 g/mol. The molecule has 0 bridgehead atoms. The fraction of sp³-hybridized carbons (Fsp3) is 0.357. The van der Waals surface area contributed by atoms with Crippen LogP contribution in [0.4, 0.5) is 13.2 Å². The fourth-order valence-corrected chi connectivity index (χ4v) is 1.63. The molecule has 21 heavy (non-hydrogen) atoms. The van der Waals surface area contributed by atoms with E-state index in [-0.39, 0.29) is 35.4 Å². The minimum Gasteiger partial charge on any atom is -0.339 e. The van der Waals surface area contributed by atoms with Gasteiger partial charge in [0.25, 0.3) is 0 Å². The van der Waals surface area contributed by atoms with Crippen molar-refractivity contribution in [2.75, 3.05) is 0 Å². The zero-order valence-corrected chi connectivity index (χ0v) is 11.4. The van der Waals surface area contributed by atoms with E-state index < -0.39 is 11.7 Å². The summed E-state index contributed by atoms with van der Waals surface area (Å²) < 4.78 is 42.8. The van der Waals surface area contributed by atoms with Crippen LogP contribution in [0.5, 0.6) is 0 Å². The molecule has 0 amide bonds. The molecular weight excluding hydrogens is 285 g/mol. The number of ketones is 1. The molecule has 0 radical (unpaired) electrons. The van der Waals surface area contributed by atoms with Crippen molar-refractivity contribution in [2.45, 2.75) is 26.4 Å². The minimum atomic E-state index is -4.43. The lowest BCUT2D eigenvalue weighted by Crippen LogP contribution is -2.10. The van der Waals surface area contributed by atoms with Gasteiger partial charge in [0.15, 0.2) is 0 Å². The molecular formula is C14H13F3N2O2. The lowest BCUT2D eigenvalue weighted by atomic mass is 10.1. The highest BCUT2D eigenvalue weighted by Crippen LogP contribution is 2.31. The molecule has 1 heterocycles. The summed E-state index contributed by atoms with van der Waals surface area (Å²) in [5.41, 5.74) is -0.596. The second kappa shape index (κ2) is 5.67. The highest BCUT2D eigenvalue weighted by Gasteiger charge is 2.30. The number of hydrogen-bond acceptors (Lipinski definition) is 4. The van der Waals surface area contributed by atoms with Crippen molar-refractivity contribution in [3.8, 4) is 11.4 Å². The zero-order chi connectivity index (χ0) is 15.6. The molecule has 0 aliphatic carbocycles. The number of carbonyl (C=O) groups excluding carboxylic acids is 1. The van der Waals surface area contributed by atoms with E-state index in [1.54, 1.807) is 13.8 Å². The van der Waals surface area contributed by atoms with Gasteiger partial charge in [-0.2, -0.15) is 18.2 Å². The molecule has 0 unspecified atom stereocenters. The molecule has 0 spiro atoms. The number of halogens is 3. The van der Waals surface area contributed by atoms with Crippen LogP contribution in [0.15, 0.2) is 28.8 Å². The first-order valence-corrected chi connectivity index (χ1v) is 6.30. The average Bonchev–Trinajstić information content (AvgIpc) is 2.86. The van der Waals surface area contributed by atoms with E-state index in [1.807, 2.05) is 0 Å². The molecule has 2 rings (SSSR count). The summed E-state index contributed by atoms with van der Waals surface area (Å²) in [6, 6.07) is 4.63. The van der Waals surface area contributed by atoms with Crippen LogP contribution in [0.25, 0.3) is 11.4 Å². The van der Waals surface area contributed by atoms with Crippen LogP contribution in [-0.2, 0) is 17.4 Å². The molecule has 1 aromatic carbocycles. The first kappa shape index (κ1) is 15.2. The van der Waals surface area contributed by atoms with Gasteiger partial charge in [-0.15, -0.1) is 0 Å². The minimum absolute atomic E-state index is 0.0242. The standard InChI is InChI=1S/C14H13F3N2O2/c1-8(2)11(20)7-12-18-13(19-21-12)9-4-3-5-10(6-9)14(15,16)17/h3-6,8H,7H2,1-2H3. The van der Waals surface area contributed by atoms with Gasteiger partial charge in [0, 0.05) is 11.5 Å². The zero-order valence-electron chi connectivity index (χ0n) is 11.4. The largest absolute Gasteiger partial charge is 0.416 e. The molecule has 0 aliphatic heterocycles. The Morgan fingerprint density at radius 3 is 2.67 bits per heavy atom. The van der Waals surface area contributed by atoms with Gasteiger partial charge in [-0.3, -0.25) is 4.79 Å². The van der Waals surface area contributed by atoms with Gasteiger partial charge in [0.1, 0.15) is 5.78 Å². The second-order valence-corrected chi connectivity index (χ2v) is 4.89. The Balaban J connectivity index is 2.24. The topological polar surface area (TPSA) is 56.0 Å². The van der Waals surface area contributed by atoms with Gasteiger partial charge >= 0.3 is 6.18 Å². The molecule has 7 heteroatoms. The lowest BCUT2D eigenvalue weighted by molar-refractivity contribution is -0.137. The Morgan fingerprint density at radius 1 is 1.33 bits per heavy atom. The maximum atomic E-state index is 12.6. The number of carbonyl (C=O) groups is 1. The van der Waals surface area contributed by atoms with Gasteiger partial charge in [-0.25, -0.2) is 0 Å². The molecule has 0 N–H and O–H groups in total. The highest BCUT2D eigenvalue weighted by atomic mass is 19.4. The summed E-state index contributed by atoms with van der Waals surface area (Å²) in [7, 11) is 0. The van der Waals surface area contributed by atoms with E-state index in [4.69, 9.17) is 4.52 Å². The van der Waals surface area contributed by atoms with E-state index in [1.165, 1.54) is 12.1 Å². The van der Waals surface area contributed by atoms with Crippen molar-refractivity contribution in [3.63, 3.8) is 0 Å². The summed E-state index contributed by atoms with van der Waals surface area (Å²) in [6.45, 7) is 3.48. The van der Waals surface area contributed by atoms with Gasteiger partial charge in [-0.05, 0) is 12.1 Å². The number of Topliss-reactive ketones (excluding diaryl/α,β-unsaturated/α-hetero) is 1. The molecule has 4 nitrogen and oxygen atoms in total. The predicted octanol–water partition coefficient (Wildman–Crippen LogP) is 3.52. The van der Waals surface area contributed by atoms with Crippen molar-refractivity contribution in [1.29, 1.82) is 0 Å². The van der Waals surface area contributed by atoms with Crippen LogP contribution in [0, 0.1) is 5.92 Å². The quantitative estimate of drug-likeness (QED) is 0.866. The van der Waals surface area contributed by atoms with Gasteiger partial charge < -0.3 is 4.52 Å². The predicted molar refractivity (Wildman–Crippen MR) is 68.3 cm³/mol. The molecule has 112 valence electrons. The van der Waals surface area contributed by atoms with E-state index in [2.05, 4.69) is 10.1 Å². The Kier molecular flexibility index (Phi) is 4.11. The Bertz CT molecular complexity index is 648. The van der Waals surface area contributed by atoms with Crippen LogP contribution in [-0.4, -0.2) is 15.9 Å². The van der Waals surface area contributed by atoms with Gasteiger partial charge in [0.05, 0.1) is 12.0 Å². The first-order chi connectivity index (χ1) is 9.77. The summed E-state index contributed by atoms with van der Waals surface area (Å²) in [6.07, 6.45) is -4.46. The smallest absolute Gasteiger partial charge is 0.339 e. The molecule has 0 atom stereocenters. The third kappa shape index (κ3) is 3.68. The summed E-state index contributed by atoms with van der Waals surface area (Å²) in [5.74, 6) is -0.114. The van der Waals surface area contributed by atoms with Crippen molar-refractivity contribution in [3.05, 3.63) is 35.7 Å². The Labute approximate surface area is 119 Å². The fourth-order valence-electron chi connectivity index (χ4n) is 1.63. The van der Waals surface area contributed by atoms with E-state index in [0.29, 0.717) is 0 Å². The van der Waals surface area contributed by atoms with E-state index in [0.717, 1.165) is 12.1 Å². The number of nitrogens with zero attached hydrogens (tertiary/aromatic N) is 2. The van der Waals surface area contributed by atoms with Crippen LogP contribution in [0.2, 0.25) is 0 Å². The molecule has 0 saturated heterocycles. The third-order valence-electron chi connectivity index (χ3n) is 2.89. The first-order valence-electron chi connectivity index (χ1n) is 6.30. The monoisotopic (exact) mass is 298 g/mol. The summed E-state index contributed by atoms with van der Waals surface area (Å²) in [5, 5.41) is 3.62. The maximum absolute atomic E-state index is 12.6. The van der Waals surface area contributed by atoms with Crippen LogP contribution < -0.4 is 0 Å². The number of benzene rings is 1. The maximum Gasteiger partial charge on any atom is 0.416 e. The summed E-state index contributed by atoms with van der Waals surface area (Å²) >= 11 is 0. The lowest BCUT2D eigenvalue weighted by Gasteiger charge is -2.06. The normalized spacial score (nSPS) is 11.9. The van der Waals surface area contributed by atoms with Crippen LogP contribution in [0.1, 0.15) is 25.3 Å². The number of rotatable bonds is 4. The number of hydrogen-bond donors (Lipinski definition) is 0. The van der Waals surface area contributed by atoms with Crippen molar-refractivity contribution < 1.29 is 22.5 Å². The van der Waals surface area contributed by atoms with Crippen molar-refractivity contribution >= 4 is 5.78 Å². The molecule has 0 aliphatic rings. The highest BCUT2D eigenvalue weighted by molar-refractivity contribution is 5.81. The van der Waals surface area contributed by atoms with E-state index >= 15 is 0 Å². The Hall–Kier alpha value is -2.18. The SMILES string of the molecule is CC(C)C(=O)Cc1nc(-c2cccc(C(F)(F)F)c2)no1. The second-order valence-electron chi connectivity index (χ2n) is 4.89. The third-order valence-corrected chi connectivity index (χ3v) is 2.89. The van der Waals surface area contributed by atoms with Gasteiger partial charge in [-0.1, -0.05) is 31.1 Å². The molecule has 2 aromatic rings. The Morgan fingerprint density at radius 2 is 2.05 bits per heavy atom. The number of aromatic nitrogens is 2. The van der Waals surface area contributed by atoms with Crippen LogP contribution >= 0.6 is 0 Å². The summed E-state index contributed by atoms with van der Waals surface area (Å²) in [4.78, 5) is 15.5. The van der Waals surface area contributed by atoms with E-state index in [9.17, 15) is 18.0 Å². The number of alkyl halides is 3. The molecule has 0 saturated carbocycles. The van der Waals surface area contributed by atoms with Crippen molar-refractivity contribution in [2.24, 2.45) is 5.92 Å². The molecule has 0 fully saturated rings. The molecule has 1 aromatic heterocycles. The van der Waals surface area contributed by atoms with Gasteiger partial charge in [0.2, 0.25) is 11.7 Å².